The van der Waals surface area contributed by atoms with Crippen molar-refractivity contribution in [2.75, 3.05) is 32.5 Å². The zero-order valence-electron chi connectivity index (χ0n) is 20.1. The summed E-state index contributed by atoms with van der Waals surface area (Å²) in [6.45, 7) is 3.03. The molecule has 0 aliphatic heterocycles. The van der Waals surface area contributed by atoms with Crippen molar-refractivity contribution in [3.63, 3.8) is 0 Å². The fourth-order valence-electron chi connectivity index (χ4n) is 3.61. The second kappa shape index (κ2) is 10.9. The number of benzene rings is 2. The van der Waals surface area contributed by atoms with Crippen LogP contribution in [0.15, 0.2) is 81.8 Å². The van der Waals surface area contributed by atoms with Gasteiger partial charge in [0.05, 0.1) is 12.8 Å². The summed E-state index contributed by atoms with van der Waals surface area (Å²) in [7, 11) is 3.88. The second-order valence-corrected chi connectivity index (χ2v) is 8.47. The molecule has 8 nitrogen and oxygen atoms in total. The van der Waals surface area contributed by atoms with Crippen molar-refractivity contribution in [1.29, 1.82) is 0 Å². The summed E-state index contributed by atoms with van der Waals surface area (Å²) in [6, 6.07) is 19.9. The maximum absolute atomic E-state index is 13.7. The van der Waals surface area contributed by atoms with E-state index in [4.69, 9.17) is 13.6 Å². The predicted octanol–water partition coefficient (Wildman–Crippen LogP) is 4.64. The molecule has 1 atom stereocenters. The third-order valence-electron chi connectivity index (χ3n) is 5.49. The molecule has 0 aliphatic carbocycles. The minimum atomic E-state index is -0.790. The average molecular weight is 476 g/mol. The molecule has 2 aromatic carbocycles. The molecular formula is C27H29N3O5. The fourth-order valence-corrected chi connectivity index (χ4v) is 3.61. The molecule has 0 saturated carbocycles. The summed E-state index contributed by atoms with van der Waals surface area (Å²) >= 11 is 0. The highest BCUT2D eigenvalue weighted by Gasteiger charge is 2.28. The van der Waals surface area contributed by atoms with Crippen LogP contribution in [0.2, 0.25) is 0 Å². The summed E-state index contributed by atoms with van der Waals surface area (Å²) in [5, 5.41) is 3.51. The molecule has 182 valence electrons. The SMILES string of the molecule is C[C@H](Oc1ccccc1)C(=O)Nc1c(C(=O)N(CCN(C)C)Cc2ccco2)oc2ccccc12. The van der Waals surface area contributed by atoms with Gasteiger partial charge in [0.15, 0.2) is 6.10 Å². The number of carbonyl (C=O) groups is 2. The van der Waals surface area contributed by atoms with Crippen LogP contribution in [0.25, 0.3) is 11.0 Å². The second-order valence-electron chi connectivity index (χ2n) is 8.47. The number of fused-ring (bicyclic) bond motifs is 1. The Bertz CT molecular complexity index is 1260. The summed E-state index contributed by atoms with van der Waals surface area (Å²) < 4.78 is 17.2. The van der Waals surface area contributed by atoms with Gasteiger partial charge < -0.3 is 28.7 Å². The van der Waals surface area contributed by atoms with Gasteiger partial charge in [-0.05, 0) is 57.4 Å². The quantitative estimate of drug-likeness (QED) is 0.360. The Morgan fingerprint density at radius 1 is 0.971 bits per heavy atom. The first-order valence-corrected chi connectivity index (χ1v) is 11.4. The molecule has 4 rings (SSSR count). The number of furan rings is 2. The first-order valence-electron chi connectivity index (χ1n) is 11.4. The van der Waals surface area contributed by atoms with Gasteiger partial charge in [-0.2, -0.15) is 0 Å². The third kappa shape index (κ3) is 5.91. The molecule has 2 aromatic heterocycles. The Hall–Kier alpha value is -4.04. The van der Waals surface area contributed by atoms with E-state index >= 15 is 0 Å². The van der Waals surface area contributed by atoms with Crippen molar-refractivity contribution in [3.8, 4) is 5.75 Å². The summed E-state index contributed by atoms with van der Waals surface area (Å²) in [4.78, 5) is 30.4. The van der Waals surface area contributed by atoms with Gasteiger partial charge in [-0.15, -0.1) is 0 Å². The van der Waals surface area contributed by atoms with Crippen molar-refractivity contribution >= 4 is 28.5 Å². The van der Waals surface area contributed by atoms with Gasteiger partial charge in [0.25, 0.3) is 11.8 Å². The third-order valence-corrected chi connectivity index (χ3v) is 5.49. The minimum Gasteiger partial charge on any atom is -0.481 e. The lowest BCUT2D eigenvalue weighted by atomic mass is 10.2. The van der Waals surface area contributed by atoms with Gasteiger partial charge in [-0.1, -0.05) is 30.3 Å². The average Bonchev–Trinajstić information content (AvgIpc) is 3.50. The number of carbonyl (C=O) groups excluding carboxylic acids is 2. The monoisotopic (exact) mass is 475 g/mol. The van der Waals surface area contributed by atoms with Crippen molar-refractivity contribution in [1.82, 2.24) is 9.80 Å². The number of anilines is 1. The molecule has 0 saturated heterocycles. The molecule has 4 aromatic rings. The largest absolute Gasteiger partial charge is 0.481 e. The molecule has 0 unspecified atom stereocenters. The van der Waals surface area contributed by atoms with Crippen molar-refractivity contribution < 1.29 is 23.2 Å². The van der Waals surface area contributed by atoms with Gasteiger partial charge >= 0.3 is 0 Å². The molecule has 0 fully saturated rings. The Kier molecular flexibility index (Phi) is 7.52. The summed E-state index contributed by atoms with van der Waals surface area (Å²) in [5.74, 6) is 0.573. The molecule has 0 aliphatic rings. The van der Waals surface area contributed by atoms with Gasteiger partial charge in [0.1, 0.15) is 22.8 Å². The smallest absolute Gasteiger partial charge is 0.292 e. The maximum Gasteiger partial charge on any atom is 0.292 e. The Balaban J connectivity index is 1.62. The van der Waals surface area contributed by atoms with E-state index in [-0.39, 0.29) is 24.1 Å². The van der Waals surface area contributed by atoms with E-state index < -0.39 is 6.10 Å². The number of amides is 2. The molecule has 35 heavy (non-hydrogen) atoms. The molecule has 0 bridgehead atoms. The van der Waals surface area contributed by atoms with Gasteiger partial charge in [-0.25, -0.2) is 0 Å². The van der Waals surface area contributed by atoms with E-state index in [0.29, 0.717) is 41.3 Å². The fraction of sp³-hybridized carbons (Fsp3) is 0.259. The number of rotatable bonds is 10. The van der Waals surface area contributed by atoms with Crippen LogP contribution in [-0.4, -0.2) is 54.9 Å². The highest BCUT2D eigenvalue weighted by atomic mass is 16.5. The number of para-hydroxylation sites is 2. The molecule has 8 heteroatoms. The Morgan fingerprint density at radius 3 is 2.43 bits per heavy atom. The van der Waals surface area contributed by atoms with E-state index in [1.54, 1.807) is 42.4 Å². The molecule has 0 spiro atoms. The zero-order chi connectivity index (χ0) is 24.8. The maximum atomic E-state index is 13.7. The van der Waals surface area contributed by atoms with Crippen LogP contribution in [0.1, 0.15) is 23.2 Å². The molecule has 2 heterocycles. The topological polar surface area (TPSA) is 88.2 Å². The zero-order valence-corrected chi connectivity index (χ0v) is 20.1. The minimum absolute atomic E-state index is 0.0665. The van der Waals surface area contributed by atoms with Crippen molar-refractivity contribution in [3.05, 3.63) is 84.5 Å². The van der Waals surface area contributed by atoms with E-state index in [1.165, 1.54) is 0 Å². The number of hydrogen-bond donors (Lipinski definition) is 1. The van der Waals surface area contributed by atoms with Crippen LogP contribution in [0, 0.1) is 0 Å². The van der Waals surface area contributed by atoms with E-state index in [9.17, 15) is 9.59 Å². The first-order chi connectivity index (χ1) is 16.9. The number of nitrogens with zero attached hydrogens (tertiary/aromatic N) is 2. The van der Waals surface area contributed by atoms with Crippen molar-refractivity contribution in [2.45, 2.75) is 19.6 Å². The lowest BCUT2D eigenvalue weighted by molar-refractivity contribution is -0.122. The number of likely N-dealkylation sites (N-methyl/N-ethyl adjacent to an activating group) is 1. The van der Waals surface area contributed by atoms with Crippen LogP contribution >= 0.6 is 0 Å². The Morgan fingerprint density at radius 2 is 1.71 bits per heavy atom. The molecule has 1 N–H and O–H groups in total. The van der Waals surface area contributed by atoms with Crippen molar-refractivity contribution in [2.24, 2.45) is 0 Å². The highest BCUT2D eigenvalue weighted by molar-refractivity contribution is 6.11. The van der Waals surface area contributed by atoms with Crippen LogP contribution in [0.5, 0.6) is 5.75 Å². The number of hydrogen-bond acceptors (Lipinski definition) is 6. The standard InChI is InChI=1S/C27H29N3O5/c1-19(34-20-10-5-4-6-11-20)26(31)28-24-22-13-7-8-14-23(22)35-25(24)27(32)30(16-15-29(2)3)18-21-12-9-17-33-21/h4-14,17,19H,15-16,18H2,1-3H3,(H,28,31)/t19-/m0/s1. The van der Waals surface area contributed by atoms with Crippen LogP contribution in [-0.2, 0) is 11.3 Å². The summed E-state index contributed by atoms with van der Waals surface area (Å²) in [6.07, 6.45) is 0.784. The van der Waals surface area contributed by atoms with Crippen LogP contribution < -0.4 is 10.1 Å². The van der Waals surface area contributed by atoms with Gasteiger partial charge in [0, 0.05) is 18.5 Å². The lowest BCUT2D eigenvalue weighted by Crippen LogP contribution is -2.37. The number of ether oxygens (including phenoxy) is 1. The highest BCUT2D eigenvalue weighted by Crippen LogP contribution is 2.32. The molecule has 0 radical (unpaired) electrons. The normalized spacial score (nSPS) is 12.0. The van der Waals surface area contributed by atoms with Gasteiger partial charge in [-0.3, -0.25) is 9.59 Å². The first kappa shape index (κ1) is 24.1. The number of nitrogens with one attached hydrogen (secondary N) is 1. The van der Waals surface area contributed by atoms with E-state index in [0.717, 1.165) is 0 Å². The molecular weight excluding hydrogens is 446 g/mol. The van der Waals surface area contributed by atoms with Crippen LogP contribution in [0.4, 0.5) is 5.69 Å². The Labute approximate surface area is 204 Å². The van der Waals surface area contributed by atoms with Crippen LogP contribution in [0.3, 0.4) is 0 Å². The summed E-state index contributed by atoms with van der Waals surface area (Å²) in [5.41, 5.74) is 0.835. The predicted molar refractivity (Wildman–Crippen MR) is 133 cm³/mol. The lowest BCUT2D eigenvalue weighted by Gasteiger charge is -2.23. The van der Waals surface area contributed by atoms with E-state index in [2.05, 4.69) is 5.32 Å². The van der Waals surface area contributed by atoms with Gasteiger partial charge in [0.2, 0.25) is 5.76 Å². The van der Waals surface area contributed by atoms with E-state index in [1.807, 2.05) is 61.5 Å². The molecule has 2 amide bonds.